The van der Waals surface area contributed by atoms with Crippen LogP contribution >= 0.6 is 22.7 Å². The number of hydrogen-bond donors (Lipinski definition) is 0. The highest BCUT2D eigenvalue weighted by atomic mass is 32.1. The standard InChI is InChI=1S/C56H32S2/c1-2-12-36-29-37(18-17-33(36)9-1)38-19-24-45-48(30-38)54(40-21-26-47-52(32-40)58-50-28-23-35-11-4-6-14-42(35)56(47)50)44-16-8-7-15-43(44)53(45)39-20-25-46-51(31-39)57-49-27-22-34-10-3-5-13-41(34)55(46)49/h1-32H. The first-order valence-electron chi connectivity index (χ1n) is 19.9. The Balaban J connectivity index is 1.10. The van der Waals surface area contributed by atoms with Crippen LogP contribution in [0.4, 0.5) is 0 Å². The molecule has 11 aromatic carbocycles. The molecule has 0 saturated heterocycles. The Morgan fingerprint density at radius 1 is 0.224 bits per heavy atom. The van der Waals surface area contributed by atoms with Crippen LogP contribution in [-0.2, 0) is 0 Å². The summed E-state index contributed by atoms with van der Waals surface area (Å²) < 4.78 is 5.30. The second-order valence-corrected chi connectivity index (χ2v) is 17.7. The molecule has 0 bridgehead atoms. The maximum atomic E-state index is 2.46. The average molecular weight is 769 g/mol. The third-order valence-corrected chi connectivity index (χ3v) is 14.6. The number of rotatable bonds is 3. The summed E-state index contributed by atoms with van der Waals surface area (Å²) in [6.45, 7) is 0. The molecule has 0 saturated carbocycles. The van der Waals surface area contributed by atoms with Crippen LogP contribution in [0.3, 0.4) is 0 Å². The van der Waals surface area contributed by atoms with E-state index < -0.39 is 0 Å². The molecule has 13 aromatic rings. The molecule has 0 N–H and O–H groups in total. The van der Waals surface area contributed by atoms with E-state index in [1.807, 2.05) is 22.7 Å². The van der Waals surface area contributed by atoms with Gasteiger partial charge in [-0.2, -0.15) is 0 Å². The van der Waals surface area contributed by atoms with Gasteiger partial charge in [-0.25, -0.2) is 0 Å². The summed E-state index contributed by atoms with van der Waals surface area (Å²) in [7, 11) is 0. The Kier molecular flexibility index (Phi) is 6.86. The van der Waals surface area contributed by atoms with Crippen LogP contribution in [0.15, 0.2) is 194 Å². The quantitative estimate of drug-likeness (QED) is 0.157. The molecule has 0 amide bonds. The Bertz CT molecular complexity index is 3860. The van der Waals surface area contributed by atoms with Crippen molar-refractivity contribution in [3.8, 4) is 33.4 Å². The van der Waals surface area contributed by atoms with Crippen molar-refractivity contribution >= 4 is 117 Å². The van der Waals surface area contributed by atoms with Crippen molar-refractivity contribution < 1.29 is 0 Å². The molecule has 0 fully saturated rings. The van der Waals surface area contributed by atoms with E-state index in [2.05, 4.69) is 194 Å². The normalized spacial score (nSPS) is 12.1. The van der Waals surface area contributed by atoms with Crippen molar-refractivity contribution in [1.82, 2.24) is 0 Å². The van der Waals surface area contributed by atoms with Gasteiger partial charge in [0.25, 0.3) is 0 Å². The molecule has 2 aromatic heterocycles. The van der Waals surface area contributed by atoms with Gasteiger partial charge in [-0.3, -0.25) is 0 Å². The van der Waals surface area contributed by atoms with E-state index in [1.54, 1.807) is 0 Å². The first-order chi connectivity index (χ1) is 28.7. The summed E-state index contributed by atoms with van der Waals surface area (Å²) in [6, 6.07) is 72.8. The van der Waals surface area contributed by atoms with E-state index in [4.69, 9.17) is 0 Å². The highest BCUT2D eigenvalue weighted by molar-refractivity contribution is 7.26. The lowest BCUT2D eigenvalue weighted by atomic mass is 9.84. The van der Waals surface area contributed by atoms with Gasteiger partial charge in [-0.15, -0.1) is 22.7 Å². The SMILES string of the molecule is c1ccc2cc(-c3ccc4c(-c5ccc6c(c5)sc5ccc7ccccc7c56)c5ccccc5c(-c5ccc6c(c5)sc5ccc7ccccc7c56)c4c3)ccc2c1. The summed E-state index contributed by atoms with van der Waals surface area (Å²) in [5, 5.41) is 18.2. The van der Waals surface area contributed by atoms with Gasteiger partial charge < -0.3 is 0 Å². The largest absolute Gasteiger partial charge is 0.135 e. The fraction of sp³-hybridized carbons (Fsp3) is 0. The molecule has 2 heteroatoms. The lowest BCUT2D eigenvalue weighted by molar-refractivity contribution is 1.66. The Morgan fingerprint density at radius 2 is 0.638 bits per heavy atom. The van der Waals surface area contributed by atoms with E-state index in [0.717, 1.165) is 0 Å². The minimum absolute atomic E-state index is 1.22. The molecule has 0 atom stereocenters. The van der Waals surface area contributed by atoms with Crippen molar-refractivity contribution in [2.24, 2.45) is 0 Å². The van der Waals surface area contributed by atoms with Crippen LogP contribution in [0.25, 0.3) is 128 Å². The lowest BCUT2D eigenvalue weighted by Gasteiger charge is -2.19. The van der Waals surface area contributed by atoms with Gasteiger partial charge in [-0.1, -0.05) is 158 Å². The monoisotopic (exact) mass is 768 g/mol. The van der Waals surface area contributed by atoms with Gasteiger partial charge in [0.15, 0.2) is 0 Å². The molecule has 0 aliphatic heterocycles. The van der Waals surface area contributed by atoms with Crippen LogP contribution in [0.2, 0.25) is 0 Å². The van der Waals surface area contributed by atoms with Gasteiger partial charge >= 0.3 is 0 Å². The van der Waals surface area contributed by atoms with E-state index >= 15 is 0 Å². The molecule has 13 rings (SSSR count). The second kappa shape index (κ2) is 12.3. The molecule has 0 aliphatic carbocycles. The van der Waals surface area contributed by atoms with Crippen LogP contribution in [0.5, 0.6) is 0 Å². The van der Waals surface area contributed by atoms with E-state index in [-0.39, 0.29) is 0 Å². The molecule has 0 nitrogen and oxygen atoms in total. The fourth-order valence-electron chi connectivity index (χ4n) is 9.75. The van der Waals surface area contributed by atoms with Crippen molar-refractivity contribution in [3.63, 3.8) is 0 Å². The first kappa shape index (κ1) is 32.3. The molecule has 0 spiro atoms. The second-order valence-electron chi connectivity index (χ2n) is 15.6. The fourth-order valence-corrected chi connectivity index (χ4v) is 12.1. The highest BCUT2D eigenvalue weighted by Crippen LogP contribution is 2.48. The Morgan fingerprint density at radius 3 is 1.24 bits per heavy atom. The number of fused-ring (bicyclic) bond motifs is 13. The van der Waals surface area contributed by atoms with E-state index in [0.29, 0.717) is 0 Å². The molecular weight excluding hydrogens is 737 g/mol. The minimum atomic E-state index is 1.22. The summed E-state index contributed by atoms with van der Waals surface area (Å²) in [5.41, 5.74) is 7.53. The van der Waals surface area contributed by atoms with E-state index in [9.17, 15) is 0 Å². The summed E-state index contributed by atoms with van der Waals surface area (Å²) >= 11 is 3.80. The highest BCUT2D eigenvalue weighted by Gasteiger charge is 2.20. The molecule has 0 aliphatic rings. The summed E-state index contributed by atoms with van der Waals surface area (Å²) in [5.74, 6) is 0. The summed E-state index contributed by atoms with van der Waals surface area (Å²) in [6.07, 6.45) is 0. The smallest absolute Gasteiger partial charge is 0.0361 e. The Labute approximate surface area is 342 Å². The van der Waals surface area contributed by atoms with Crippen molar-refractivity contribution in [1.29, 1.82) is 0 Å². The Hall–Kier alpha value is -6.84. The zero-order valence-corrected chi connectivity index (χ0v) is 32.9. The molecule has 0 unspecified atom stereocenters. The molecule has 2 heterocycles. The predicted octanol–water partition coefficient (Wildman–Crippen LogP) is 17.2. The van der Waals surface area contributed by atoms with Gasteiger partial charge in [0.2, 0.25) is 0 Å². The third-order valence-electron chi connectivity index (χ3n) is 12.4. The van der Waals surface area contributed by atoms with Gasteiger partial charge in [0.05, 0.1) is 0 Å². The van der Waals surface area contributed by atoms with Crippen LogP contribution in [0.1, 0.15) is 0 Å². The van der Waals surface area contributed by atoms with Crippen molar-refractivity contribution in [2.45, 2.75) is 0 Å². The van der Waals surface area contributed by atoms with Crippen LogP contribution < -0.4 is 0 Å². The molecular formula is C56H32S2. The maximum Gasteiger partial charge on any atom is 0.0361 e. The summed E-state index contributed by atoms with van der Waals surface area (Å²) in [4.78, 5) is 0. The van der Waals surface area contributed by atoms with Crippen LogP contribution in [-0.4, -0.2) is 0 Å². The van der Waals surface area contributed by atoms with Gasteiger partial charge in [-0.05, 0) is 124 Å². The maximum absolute atomic E-state index is 2.46. The number of hydrogen-bond acceptors (Lipinski definition) is 2. The number of benzene rings is 11. The van der Waals surface area contributed by atoms with Crippen LogP contribution in [0, 0.1) is 0 Å². The lowest BCUT2D eigenvalue weighted by Crippen LogP contribution is -1.92. The average Bonchev–Trinajstić information content (AvgIpc) is 3.86. The molecule has 58 heavy (non-hydrogen) atoms. The van der Waals surface area contributed by atoms with Gasteiger partial charge in [0.1, 0.15) is 0 Å². The number of thiophene rings is 2. The first-order valence-corrected chi connectivity index (χ1v) is 21.5. The van der Waals surface area contributed by atoms with Gasteiger partial charge in [0, 0.05) is 40.3 Å². The molecule has 268 valence electrons. The third kappa shape index (κ3) is 4.74. The minimum Gasteiger partial charge on any atom is -0.135 e. The zero-order chi connectivity index (χ0) is 37.9. The predicted molar refractivity (Wildman–Crippen MR) is 256 cm³/mol. The van der Waals surface area contributed by atoms with E-state index in [1.165, 1.54) is 128 Å². The zero-order valence-electron chi connectivity index (χ0n) is 31.3. The van der Waals surface area contributed by atoms with Crippen molar-refractivity contribution in [3.05, 3.63) is 194 Å². The molecule has 0 radical (unpaired) electrons. The van der Waals surface area contributed by atoms with Crippen molar-refractivity contribution in [2.75, 3.05) is 0 Å². The topological polar surface area (TPSA) is 0 Å².